The van der Waals surface area contributed by atoms with Crippen molar-refractivity contribution in [2.75, 3.05) is 0 Å². The fourth-order valence-corrected chi connectivity index (χ4v) is 2.85. The zero-order chi connectivity index (χ0) is 8.93. The predicted molar refractivity (Wildman–Crippen MR) is 60.6 cm³/mol. The molecule has 0 atom stereocenters. The van der Waals surface area contributed by atoms with Crippen LogP contribution in [0.5, 0.6) is 0 Å². The summed E-state index contributed by atoms with van der Waals surface area (Å²) in [4.78, 5) is 2.54. The number of rotatable bonds is 3. The Bertz CT molecular complexity index is 370. The molecule has 0 saturated carbocycles. The molecule has 2 rings (SSSR count). The molecule has 0 radical (unpaired) electrons. The maximum atomic E-state index is 3.03. The van der Waals surface area contributed by atoms with Crippen LogP contribution in [-0.2, 0) is 0 Å². The molecule has 0 saturated heterocycles. The highest BCUT2D eigenvalue weighted by molar-refractivity contribution is 8.78. The number of benzene rings is 1. The van der Waals surface area contributed by atoms with Crippen LogP contribution in [0.2, 0.25) is 0 Å². The molecular weight excluding hydrogens is 196 g/mol. The lowest BCUT2D eigenvalue weighted by Crippen LogP contribution is -1.65. The highest BCUT2D eigenvalue weighted by Crippen LogP contribution is 2.37. The van der Waals surface area contributed by atoms with Crippen molar-refractivity contribution in [1.29, 1.82) is 0 Å². The van der Waals surface area contributed by atoms with Gasteiger partial charge in [-0.25, -0.2) is 0 Å². The van der Waals surface area contributed by atoms with E-state index in [1.165, 1.54) is 9.80 Å². The lowest BCUT2D eigenvalue weighted by molar-refractivity contribution is 1.48. The predicted octanol–water partition coefficient (Wildman–Crippen LogP) is 4.04. The minimum absolute atomic E-state index is 1.26. The molecular formula is C11H8S2. The molecule has 1 aromatic carbocycles. The van der Waals surface area contributed by atoms with Crippen LogP contribution >= 0.6 is 21.6 Å². The fraction of sp³-hybridized carbons (Fsp3) is 0. The van der Waals surface area contributed by atoms with Crippen molar-refractivity contribution in [2.24, 2.45) is 0 Å². The van der Waals surface area contributed by atoms with Crippen molar-refractivity contribution in [3.8, 4) is 0 Å². The number of hydrogen-bond donors (Lipinski definition) is 0. The molecule has 0 heterocycles. The summed E-state index contributed by atoms with van der Waals surface area (Å²) in [5.74, 6) is 0. The molecule has 0 aliphatic heterocycles. The standard InChI is InChI=1S/C11H8S2/c1-2-6-10(7-3-1)12-13-11-8-4-5-9-11/h1-4,6-9H. The van der Waals surface area contributed by atoms with E-state index in [2.05, 4.69) is 36.1 Å². The molecule has 1 aromatic rings. The monoisotopic (exact) mass is 204 g/mol. The van der Waals surface area contributed by atoms with Crippen LogP contribution < -0.4 is 0 Å². The van der Waals surface area contributed by atoms with Crippen LogP contribution in [0.3, 0.4) is 0 Å². The lowest BCUT2D eigenvalue weighted by atomic mass is 10.4. The van der Waals surface area contributed by atoms with Gasteiger partial charge in [0.1, 0.15) is 0 Å². The van der Waals surface area contributed by atoms with Crippen LogP contribution in [0, 0.1) is 0 Å². The molecule has 0 N–H and O–H groups in total. The third-order valence-electron chi connectivity index (χ3n) is 1.55. The molecule has 2 heteroatoms. The summed E-state index contributed by atoms with van der Waals surface area (Å²) in [5, 5.41) is 0. The molecule has 1 aliphatic rings. The van der Waals surface area contributed by atoms with Crippen LogP contribution in [0.25, 0.3) is 0 Å². The van der Waals surface area contributed by atoms with Crippen molar-refractivity contribution < 1.29 is 0 Å². The topological polar surface area (TPSA) is 0 Å². The van der Waals surface area contributed by atoms with Gasteiger partial charge in [0.05, 0.1) is 0 Å². The van der Waals surface area contributed by atoms with Gasteiger partial charge in [-0.05, 0) is 30.4 Å². The molecule has 0 fully saturated rings. The fourth-order valence-electron chi connectivity index (χ4n) is 0.933. The minimum Gasteiger partial charge on any atom is -0.120 e. The Morgan fingerprint density at radius 1 is 1.00 bits per heavy atom. The average Bonchev–Trinajstić information content (AvgIpc) is 2.69. The third kappa shape index (κ3) is 2.56. The summed E-state index contributed by atoms with van der Waals surface area (Å²) in [7, 11) is 3.54. The van der Waals surface area contributed by atoms with E-state index in [-0.39, 0.29) is 0 Å². The molecule has 0 spiro atoms. The first-order valence-electron chi connectivity index (χ1n) is 3.97. The largest absolute Gasteiger partial charge is 0.120 e. The Kier molecular flexibility index (Phi) is 2.98. The van der Waals surface area contributed by atoms with Crippen LogP contribution in [0.15, 0.2) is 64.1 Å². The molecule has 1 aliphatic carbocycles. The first-order valence-corrected chi connectivity index (χ1v) is 6.12. The molecule has 0 nitrogen and oxygen atoms in total. The van der Waals surface area contributed by atoms with E-state index < -0.39 is 0 Å². The van der Waals surface area contributed by atoms with Gasteiger partial charge in [0.2, 0.25) is 0 Å². The Hall–Kier alpha value is -0.820. The first kappa shape index (κ1) is 8.76. The average molecular weight is 204 g/mol. The smallest absolute Gasteiger partial charge is 0.0269 e. The minimum atomic E-state index is 1.26. The second kappa shape index (κ2) is 4.43. The first-order chi connectivity index (χ1) is 6.45. The number of hydrogen-bond acceptors (Lipinski definition) is 2. The van der Waals surface area contributed by atoms with Crippen molar-refractivity contribution in [2.45, 2.75) is 4.90 Å². The van der Waals surface area contributed by atoms with Gasteiger partial charge in [-0.15, -0.1) is 5.73 Å². The number of allylic oxidation sites excluding steroid dienone is 2. The Labute approximate surface area is 85.8 Å². The van der Waals surface area contributed by atoms with E-state index in [9.17, 15) is 0 Å². The molecule has 0 amide bonds. The van der Waals surface area contributed by atoms with Gasteiger partial charge in [-0.3, -0.25) is 0 Å². The SMILES string of the molecule is C1=CC=C(SSc2ccccc2)C=1. The second-order valence-corrected chi connectivity index (χ2v) is 4.80. The van der Waals surface area contributed by atoms with E-state index in [1.54, 1.807) is 21.6 Å². The van der Waals surface area contributed by atoms with E-state index >= 15 is 0 Å². The highest BCUT2D eigenvalue weighted by atomic mass is 33.1. The van der Waals surface area contributed by atoms with Gasteiger partial charge in [0.15, 0.2) is 0 Å². The van der Waals surface area contributed by atoms with Gasteiger partial charge in [-0.1, -0.05) is 39.8 Å². The summed E-state index contributed by atoms with van der Waals surface area (Å²) < 4.78 is 0. The maximum absolute atomic E-state index is 3.03. The van der Waals surface area contributed by atoms with Crippen LogP contribution in [0.1, 0.15) is 0 Å². The van der Waals surface area contributed by atoms with Crippen LogP contribution in [-0.4, -0.2) is 0 Å². The van der Waals surface area contributed by atoms with Gasteiger partial charge >= 0.3 is 0 Å². The second-order valence-electron chi connectivity index (χ2n) is 2.53. The summed E-state index contributed by atoms with van der Waals surface area (Å²) in [6.07, 6.45) is 6.01. The summed E-state index contributed by atoms with van der Waals surface area (Å²) in [6.45, 7) is 0. The van der Waals surface area contributed by atoms with Crippen molar-refractivity contribution in [3.05, 3.63) is 59.2 Å². The lowest BCUT2D eigenvalue weighted by Gasteiger charge is -1.98. The van der Waals surface area contributed by atoms with Crippen molar-refractivity contribution in [1.82, 2.24) is 0 Å². The molecule has 0 bridgehead atoms. The van der Waals surface area contributed by atoms with Gasteiger partial charge in [0.25, 0.3) is 0 Å². The summed E-state index contributed by atoms with van der Waals surface area (Å²) in [5.41, 5.74) is 3.03. The van der Waals surface area contributed by atoms with Crippen molar-refractivity contribution in [3.63, 3.8) is 0 Å². The summed E-state index contributed by atoms with van der Waals surface area (Å²) in [6, 6.07) is 10.4. The molecule has 64 valence electrons. The molecule has 0 unspecified atom stereocenters. The van der Waals surface area contributed by atoms with E-state index in [4.69, 9.17) is 0 Å². The van der Waals surface area contributed by atoms with E-state index in [0.29, 0.717) is 0 Å². The summed E-state index contributed by atoms with van der Waals surface area (Å²) >= 11 is 0. The van der Waals surface area contributed by atoms with Gasteiger partial charge < -0.3 is 0 Å². The zero-order valence-corrected chi connectivity index (χ0v) is 8.57. The Balaban J connectivity index is 1.90. The van der Waals surface area contributed by atoms with E-state index in [0.717, 1.165) is 0 Å². The highest BCUT2D eigenvalue weighted by Gasteiger charge is 1.97. The molecule has 0 aromatic heterocycles. The molecule has 13 heavy (non-hydrogen) atoms. The quantitative estimate of drug-likeness (QED) is 0.538. The zero-order valence-electron chi connectivity index (χ0n) is 6.94. The van der Waals surface area contributed by atoms with Crippen molar-refractivity contribution >= 4 is 21.6 Å². The van der Waals surface area contributed by atoms with Gasteiger partial charge in [0, 0.05) is 9.80 Å². The normalized spacial score (nSPS) is 13.4. The van der Waals surface area contributed by atoms with Gasteiger partial charge in [-0.2, -0.15) is 0 Å². The van der Waals surface area contributed by atoms with Crippen LogP contribution in [0.4, 0.5) is 0 Å². The Morgan fingerprint density at radius 3 is 2.54 bits per heavy atom. The Morgan fingerprint density at radius 2 is 1.85 bits per heavy atom. The van der Waals surface area contributed by atoms with E-state index in [1.807, 2.05) is 18.2 Å². The third-order valence-corrected chi connectivity index (χ3v) is 3.95. The maximum Gasteiger partial charge on any atom is 0.0269 e.